The van der Waals surface area contributed by atoms with Crippen molar-refractivity contribution in [1.29, 1.82) is 0 Å². The first-order valence-electron chi connectivity index (χ1n) is 5.83. The molecule has 2 aromatic heterocycles. The highest BCUT2D eigenvalue weighted by Gasteiger charge is 2.13. The average Bonchev–Trinajstić information content (AvgIpc) is 3.00. The third-order valence-electron chi connectivity index (χ3n) is 2.70. The molecular formula is C12H11N5OS. The van der Waals surface area contributed by atoms with E-state index in [4.69, 9.17) is 0 Å². The number of carbonyl (C=O) groups excluding carboxylic acids is 1. The molecule has 0 atom stereocenters. The Labute approximate surface area is 113 Å². The highest BCUT2D eigenvalue weighted by molar-refractivity contribution is 7.18. The zero-order valence-electron chi connectivity index (χ0n) is 10.2. The van der Waals surface area contributed by atoms with Crippen LogP contribution >= 0.6 is 11.3 Å². The fraction of sp³-hybridized carbons (Fsp3) is 0.167. The van der Waals surface area contributed by atoms with E-state index >= 15 is 0 Å². The topological polar surface area (TPSA) is 72.2 Å². The van der Waals surface area contributed by atoms with Crippen molar-refractivity contribution >= 4 is 27.9 Å². The van der Waals surface area contributed by atoms with Gasteiger partial charge in [0.05, 0.1) is 0 Å². The number of hydrogen-bond acceptors (Lipinski definition) is 5. The number of benzene rings is 1. The van der Waals surface area contributed by atoms with Gasteiger partial charge in [0.2, 0.25) is 9.97 Å². The maximum Gasteiger partial charge on any atom is 0.286 e. The summed E-state index contributed by atoms with van der Waals surface area (Å²) in [5.41, 5.74) is 1.99. The Balaban J connectivity index is 1.78. The van der Waals surface area contributed by atoms with Crippen molar-refractivity contribution in [3.63, 3.8) is 0 Å². The second kappa shape index (κ2) is 4.77. The maximum atomic E-state index is 12.0. The molecule has 3 rings (SSSR count). The molecule has 6 nitrogen and oxygen atoms in total. The Morgan fingerprint density at radius 3 is 2.84 bits per heavy atom. The molecule has 96 valence electrons. The summed E-state index contributed by atoms with van der Waals surface area (Å²) in [6.45, 7) is 2.09. The molecule has 0 fully saturated rings. The minimum atomic E-state index is -0.236. The molecule has 1 N–H and O–H groups in total. The maximum absolute atomic E-state index is 12.0. The summed E-state index contributed by atoms with van der Waals surface area (Å²) in [7, 11) is 0. The van der Waals surface area contributed by atoms with Crippen molar-refractivity contribution in [1.82, 2.24) is 19.8 Å². The van der Waals surface area contributed by atoms with Gasteiger partial charge in [0, 0.05) is 5.69 Å². The van der Waals surface area contributed by atoms with Crippen molar-refractivity contribution in [3.8, 4) is 0 Å². The van der Waals surface area contributed by atoms with Gasteiger partial charge in [0.1, 0.15) is 6.33 Å². The molecule has 0 saturated carbocycles. The van der Waals surface area contributed by atoms with Gasteiger partial charge in [0.15, 0.2) is 0 Å². The minimum absolute atomic E-state index is 0.236. The van der Waals surface area contributed by atoms with Crippen LogP contribution in [0.4, 0.5) is 5.69 Å². The molecule has 0 bridgehead atoms. The highest BCUT2D eigenvalue weighted by atomic mass is 32.1. The van der Waals surface area contributed by atoms with E-state index in [1.165, 1.54) is 27.7 Å². The normalized spacial score (nSPS) is 10.8. The van der Waals surface area contributed by atoms with E-state index in [1.807, 2.05) is 24.3 Å². The van der Waals surface area contributed by atoms with Crippen molar-refractivity contribution in [3.05, 3.63) is 41.2 Å². The third kappa shape index (κ3) is 2.32. The van der Waals surface area contributed by atoms with Crippen molar-refractivity contribution in [2.75, 3.05) is 5.32 Å². The monoisotopic (exact) mass is 273 g/mol. The summed E-state index contributed by atoms with van der Waals surface area (Å²) in [6.07, 6.45) is 2.45. The lowest BCUT2D eigenvalue weighted by atomic mass is 10.1. The number of carbonyl (C=O) groups is 1. The van der Waals surface area contributed by atoms with E-state index < -0.39 is 0 Å². The van der Waals surface area contributed by atoms with Crippen LogP contribution in [-0.4, -0.2) is 25.7 Å². The lowest BCUT2D eigenvalue weighted by Gasteiger charge is -2.03. The summed E-state index contributed by atoms with van der Waals surface area (Å²) < 4.78 is 1.49. The molecule has 19 heavy (non-hydrogen) atoms. The molecule has 0 spiro atoms. The summed E-state index contributed by atoms with van der Waals surface area (Å²) >= 11 is 1.21. The van der Waals surface area contributed by atoms with Crippen LogP contribution in [0.25, 0.3) is 4.96 Å². The van der Waals surface area contributed by atoms with Crippen LogP contribution in [0.15, 0.2) is 30.6 Å². The Hall–Kier alpha value is -2.28. The van der Waals surface area contributed by atoms with E-state index in [2.05, 4.69) is 27.5 Å². The molecule has 1 aromatic carbocycles. The van der Waals surface area contributed by atoms with E-state index in [0.717, 1.165) is 12.1 Å². The predicted molar refractivity (Wildman–Crippen MR) is 72.4 cm³/mol. The van der Waals surface area contributed by atoms with Crippen LogP contribution in [0.5, 0.6) is 0 Å². The molecule has 0 saturated heterocycles. The molecule has 3 aromatic rings. The summed E-state index contributed by atoms with van der Waals surface area (Å²) in [6, 6.07) is 7.76. The highest BCUT2D eigenvalue weighted by Crippen LogP contribution is 2.15. The Morgan fingerprint density at radius 1 is 1.37 bits per heavy atom. The van der Waals surface area contributed by atoms with Gasteiger partial charge in [0.25, 0.3) is 5.91 Å². The standard InChI is InChI=1S/C12H11N5OS/c1-2-8-3-5-9(6-4-8)14-10(18)11-16-17-7-13-15-12(17)19-11/h3-7H,2H2,1H3,(H,14,18). The number of fused-ring (bicyclic) bond motifs is 1. The van der Waals surface area contributed by atoms with E-state index in [0.29, 0.717) is 9.97 Å². The number of nitrogens with one attached hydrogen (secondary N) is 1. The molecule has 2 heterocycles. The van der Waals surface area contributed by atoms with Crippen LogP contribution in [-0.2, 0) is 6.42 Å². The average molecular weight is 273 g/mol. The summed E-state index contributed by atoms with van der Waals surface area (Å²) in [5, 5.41) is 14.8. The molecular weight excluding hydrogens is 262 g/mol. The van der Waals surface area contributed by atoms with Crippen molar-refractivity contribution < 1.29 is 4.79 Å². The minimum Gasteiger partial charge on any atom is -0.320 e. The lowest BCUT2D eigenvalue weighted by molar-refractivity contribution is 0.102. The summed E-state index contributed by atoms with van der Waals surface area (Å²) in [4.78, 5) is 12.6. The van der Waals surface area contributed by atoms with Crippen LogP contribution in [0.2, 0.25) is 0 Å². The smallest absolute Gasteiger partial charge is 0.286 e. The van der Waals surface area contributed by atoms with Crippen LogP contribution < -0.4 is 5.32 Å². The van der Waals surface area contributed by atoms with Gasteiger partial charge >= 0.3 is 0 Å². The van der Waals surface area contributed by atoms with Crippen LogP contribution in [0.1, 0.15) is 22.3 Å². The SMILES string of the molecule is CCc1ccc(NC(=O)c2nn3cnnc3s2)cc1. The van der Waals surface area contributed by atoms with E-state index in [1.54, 1.807) is 0 Å². The number of nitrogens with zero attached hydrogens (tertiary/aromatic N) is 4. The second-order valence-electron chi connectivity index (χ2n) is 3.97. The largest absolute Gasteiger partial charge is 0.320 e. The van der Waals surface area contributed by atoms with Gasteiger partial charge in [-0.05, 0) is 24.1 Å². The van der Waals surface area contributed by atoms with Gasteiger partial charge in [-0.2, -0.15) is 4.52 Å². The lowest BCUT2D eigenvalue weighted by Crippen LogP contribution is -2.11. The first-order valence-corrected chi connectivity index (χ1v) is 6.65. The van der Waals surface area contributed by atoms with Crippen LogP contribution in [0.3, 0.4) is 0 Å². The van der Waals surface area contributed by atoms with Gasteiger partial charge < -0.3 is 5.32 Å². The van der Waals surface area contributed by atoms with Gasteiger partial charge in [-0.1, -0.05) is 30.4 Å². The van der Waals surface area contributed by atoms with Crippen molar-refractivity contribution in [2.45, 2.75) is 13.3 Å². The first kappa shape index (κ1) is 11.8. The molecule has 0 aliphatic heterocycles. The Bertz CT molecular complexity index is 687. The fourth-order valence-corrected chi connectivity index (χ4v) is 2.37. The molecule has 1 amide bonds. The number of amides is 1. The quantitative estimate of drug-likeness (QED) is 0.792. The molecule has 0 radical (unpaired) electrons. The number of rotatable bonds is 3. The number of aryl methyl sites for hydroxylation is 1. The number of aromatic nitrogens is 4. The number of anilines is 1. The molecule has 7 heteroatoms. The van der Waals surface area contributed by atoms with Gasteiger partial charge in [-0.15, -0.1) is 15.3 Å². The molecule has 0 aliphatic rings. The second-order valence-corrected chi connectivity index (χ2v) is 4.93. The van der Waals surface area contributed by atoms with E-state index in [-0.39, 0.29) is 5.91 Å². The van der Waals surface area contributed by atoms with Crippen molar-refractivity contribution in [2.24, 2.45) is 0 Å². The Morgan fingerprint density at radius 2 is 2.16 bits per heavy atom. The fourth-order valence-electron chi connectivity index (χ4n) is 1.66. The molecule has 0 aliphatic carbocycles. The zero-order chi connectivity index (χ0) is 13.2. The molecule has 0 unspecified atom stereocenters. The number of hydrogen-bond donors (Lipinski definition) is 1. The van der Waals surface area contributed by atoms with E-state index in [9.17, 15) is 4.79 Å². The summed E-state index contributed by atoms with van der Waals surface area (Å²) in [5.74, 6) is -0.236. The van der Waals surface area contributed by atoms with Crippen LogP contribution in [0, 0.1) is 0 Å². The van der Waals surface area contributed by atoms with Gasteiger partial charge in [-0.3, -0.25) is 4.79 Å². The zero-order valence-corrected chi connectivity index (χ0v) is 11.0. The predicted octanol–water partition coefficient (Wildman–Crippen LogP) is 2.00. The first-order chi connectivity index (χ1) is 9.26. The van der Waals surface area contributed by atoms with Gasteiger partial charge in [-0.25, -0.2) is 0 Å². The Kier molecular flexibility index (Phi) is 2.96. The third-order valence-corrected chi connectivity index (χ3v) is 3.61.